The molecule has 1 aromatic rings. The van der Waals surface area contributed by atoms with Crippen molar-refractivity contribution < 1.29 is 4.79 Å². The molecular formula is C15H21N3OS. The predicted octanol–water partition coefficient (Wildman–Crippen LogP) is 2.89. The quantitative estimate of drug-likeness (QED) is 0.645. The highest BCUT2D eigenvalue weighted by Gasteiger charge is 2.53. The highest BCUT2D eigenvalue weighted by atomic mass is 32.2. The number of carbonyl (C=O) groups excluding carboxylic acids is 1. The maximum atomic E-state index is 10.9. The van der Waals surface area contributed by atoms with Crippen LogP contribution in [-0.2, 0) is 0 Å². The van der Waals surface area contributed by atoms with Gasteiger partial charge in [-0.2, -0.15) is 4.83 Å². The number of hydrazine groups is 1. The molecule has 1 heterocycles. The number of aldehydes is 1. The zero-order valence-corrected chi connectivity index (χ0v) is 12.7. The van der Waals surface area contributed by atoms with Gasteiger partial charge in [0.2, 0.25) is 0 Å². The molecule has 0 aromatic heterocycles. The van der Waals surface area contributed by atoms with E-state index in [0.717, 1.165) is 23.3 Å². The SMILES string of the molecule is CC(C)N1NSCC1(Nc1cccc(C=O)c1)C1CC1. The Kier molecular flexibility index (Phi) is 3.75. The molecule has 4 nitrogen and oxygen atoms in total. The minimum Gasteiger partial charge on any atom is -0.365 e. The van der Waals surface area contributed by atoms with E-state index in [0.29, 0.717) is 12.0 Å². The Labute approximate surface area is 124 Å². The first kappa shape index (κ1) is 13.9. The minimum absolute atomic E-state index is 0.0413. The molecular weight excluding hydrogens is 270 g/mol. The van der Waals surface area contributed by atoms with Crippen LogP contribution in [0.1, 0.15) is 37.0 Å². The predicted molar refractivity (Wildman–Crippen MR) is 83.5 cm³/mol. The molecule has 108 valence electrons. The normalized spacial score (nSPS) is 26.9. The fourth-order valence-electron chi connectivity index (χ4n) is 2.94. The van der Waals surface area contributed by atoms with E-state index in [1.165, 1.54) is 12.8 Å². The van der Waals surface area contributed by atoms with Gasteiger partial charge in [0, 0.05) is 23.0 Å². The van der Waals surface area contributed by atoms with Crippen molar-refractivity contribution >= 4 is 23.9 Å². The molecule has 1 saturated heterocycles. The topological polar surface area (TPSA) is 44.4 Å². The fourth-order valence-corrected chi connectivity index (χ4v) is 4.19. The summed E-state index contributed by atoms with van der Waals surface area (Å²) >= 11 is 1.76. The van der Waals surface area contributed by atoms with Crippen LogP contribution in [-0.4, -0.2) is 28.8 Å². The number of hydrogen-bond donors (Lipinski definition) is 2. The molecule has 1 aromatic carbocycles. The molecule has 0 bridgehead atoms. The van der Waals surface area contributed by atoms with Crippen molar-refractivity contribution in [3.8, 4) is 0 Å². The van der Waals surface area contributed by atoms with Crippen LogP contribution < -0.4 is 10.1 Å². The molecule has 1 unspecified atom stereocenters. The Hall–Kier alpha value is -1.04. The van der Waals surface area contributed by atoms with E-state index in [1.807, 2.05) is 24.3 Å². The number of nitrogens with one attached hydrogen (secondary N) is 2. The van der Waals surface area contributed by atoms with Gasteiger partial charge in [-0.25, -0.2) is 5.01 Å². The second-order valence-electron chi connectivity index (χ2n) is 5.91. The molecule has 1 aliphatic carbocycles. The number of nitrogens with zero attached hydrogens (tertiary/aromatic N) is 1. The second-order valence-corrected chi connectivity index (χ2v) is 6.67. The van der Waals surface area contributed by atoms with E-state index in [4.69, 9.17) is 0 Å². The van der Waals surface area contributed by atoms with Gasteiger partial charge < -0.3 is 5.32 Å². The third-order valence-electron chi connectivity index (χ3n) is 4.04. The highest BCUT2D eigenvalue weighted by Crippen LogP contribution is 2.47. The van der Waals surface area contributed by atoms with E-state index in [9.17, 15) is 4.79 Å². The summed E-state index contributed by atoms with van der Waals surface area (Å²) in [6.45, 7) is 4.42. The van der Waals surface area contributed by atoms with E-state index < -0.39 is 0 Å². The van der Waals surface area contributed by atoms with Gasteiger partial charge >= 0.3 is 0 Å². The van der Waals surface area contributed by atoms with Crippen LogP contribution in [0.25, 0.3) is 0 Å². The molecule has 1 atom stereocenters. The van der Waals surface area contributed by atoms with E-state index in [-0.39, 0.29) is 5.66 Å². The number of benzene rings is 1. The molecule has 3 rings (SSSR count). The lowest BCUT2D eigenvalue weighted by molar-refractivity contribution is 0.0722. The van der Waals surface area contributed by atoms with Crippen molar-refractivity contribution in [1.29, 1.82) is 0 Å². The fraction of sp³-hybridized carbons (Fsp3) is 0.533. The smallest absolute Gasteiger partial charge is 0.150 e. The minimum atomic E-state index is -0.0413. The van der Waals surface area contributed by atoms with Crippen molar-refractivity contribution in [1.82, 2.24) is 9.84 Å². The summed E-state index contributed by atoms with van der Waals surface area (Å²) in [6, 6.07) is 8.16. The lowest BCUT2D eigenvalue weighted by Gasteiger charge is -2.41. The summed E-state index contributed by atoms with van der Waals surface area (Å²) in [4.78, 5) is 14.4. The number of carbonyl (C=O) groups is 1. The van der Waals surface area contributed by atoms with Crippen LogP contribution in [0.5, 0.6) is 0 Å². The molecule has 2 aliphatic rings. The van der Waals surface area contributed by atoms with E-state index in [1.54, 1.807) is 11.9 Å². The largest absolute Gasteiger partial charge is 0.365 e. The summed E-state index contributed by atoms with van der Waals surface area (Å²) in [5.41, 5.74) is 1.70. The van der Waals surface area contributed by atoms with E-state index >= 15 is 0 Å². The third kappa shape index (κ3) is 2.45. The Morgan fingerprint density at radius 1 is 1.50 bits per heavy atom. The summed E-state index contributed by atoms with van der Waals surface area (Å²) in [7, 11) is 0. The van der Waals surface area contributed by atoms with Crippen molar-refractivity contribution in [2.45, 2.75) is 38.4 Å². The first-order valence-electron chi connectivity index (χ1n) is 7.16. The van der Waals surface area contributed by atoms with Gasteiger partial charge in [-0.3, -0.25) is 4.79 Å². The third-order valence-corrected chi connectivity index (χ3v) is 4.95. The summed E-state index contributed by atoms with van der Waals surface area (Å²) in [5.74, 6) is 1.69. The average molecular weight is 291 g/mol. The van der Waals surface area contributed by atoms with Gasteiger partial charge in [-0.05, 0) is 44.7 Å². The van der Waals surface area contributed by atoms with Gasteiger partial charge in [0.05, 0.1) is 0 Å². The van der Waals surface area contributed by atoms with Crippen LogP contribution in [0.2, 0.25) is 0 Å². The Morgan fingerprint density at radius 3 is 2.95 bits per heavy atom. The zero-order chi connectivity index (χ0) is 14.2. The van der Waals surface area contributed by atoms with Crippen LogP contribution >= 0.6 is 11.9 Å². The van der Waals surface area contributed by atoms with Gasteiger partial charge in [0.1, 0.15) is 11.9 Å². The van der Waals surface area contributed by atoms with Gasteiger partial charge in [-0.15, -0.1) is 0 Å². The van der Waals surface area contributed by atoms with Crippen molar-refractivity contribution in [3.05, 3.63) is 29.8 Å². The lowest BCUT2D eigenvalue weighted by atomic mass is 10.0. The molecule has 0 amide bonds. The van der Waals surface area contributed by atoms with E-state index in [2.05, 4.69) is 29.0 Å². The van der Waals surface area contributed by atoms with Crippen LogP contribution in [0.4, 0.5) is 5.69 Å². The monoisotopic (exact) mass is 291 g/mol. The van der Waals surface area contributed by atoms with Crippen molar-refractivity contribution in [2.24, 2.45) is 5.92 Å². The van der Waals surface area contributed by atoms with Gasteiger partial charge in [-0.1, -0.05) is 24.1 Å². The molecule has 2 fully saturated rings. The number of hydrogen-bond acceptors (Lipinski definition) is 5. The first-order valence-corrected chi connectivity index (χ1v) is 8.14. The highest BCUT2D eigenvalue weighted by molar-refractivity contribution is 7.97. The summed E-state index contributed by atoms with van der Waals surface area (Å²) in [5, 5.41) is 6.04. The summed E-state index contributed by atoms with van der Waals surface area (Å²) < 4.78 is 0. The molecule has 20 heavy (non-hydrogen) atoms. The molecule has 1 saturated carbocycles. The maximum Gasteiger partial charge on any atom is 0.150 e. The van der Waals surface area contributed by atoms with Crippen molar-refractivity contribution in [2.75, 3.05) is 11.1 Å². The van der Waals surface area contributed by atoms with Crippen molar-refractivity contribution in [3.63, 3.8) is 0 Å². The molecule has 0 spiro atoms. The maximum absolute atomic E-state index is 10.9. The lowest BCUT2D eigenvalue weighted by Crippen LogP contribution is -2.59. The Bertz CT molecular complexity index is 504. The first-order chi connectivity index (χ1) is 9.65. The Balaban J connectivity index is 1.89. The molecule has 1 aliphatic heterocycles. The average Bonchev–Trinajstić information content (AvgIpc) is 3.21. The molecule has 2 N–H and O–H groups in total. The van der Waals surface area contributed by atoms with Gasteiger partial charge in [0.15, 0.2) is 0 Å². The number of rotatable bonds is 5. The second kappa shape index (κ2) is 5.39. The molecule has 5 heteroatoms. The standard InChI is InChI=1S/C15H21N3OS/c1-11(2)18-15(10-20-17-18,13-6-7-13)16-14-5-3-4-12(8-14)9-19/h3-5,8-9,11,13,16-17H,6-7,10H2,1-2H3. The van der Waals surface area contributed by atoms with Crippen LogP contribution in [0.15, 0.2) is 24.3 Å². The zero-order valence-electron chi connectivity index (χ0n) is 11.9. The molecule has 0 radical (unpaired) electrons. The van der Waals surface area contributed by atoms with Gasteiger partial charge in [0.25, 0.3) is 0 Å². The van der Waals surface area contributed by atoms with Crippen LogP contribution in [0, 0.1) is 5.92 Å². The Morgan fingerprint density at radius 2 is 2.30 bits per heavy atom. The summed E-state index contributed by atoms with van der Waals surface area (Å²) in [6.07, 6.45) is 3.44. The van der Waals surface area contributed by atoms with Crippen LogP contribution in [0.3, 0.4) is 0 Å². The number of anilines is 1.